The Bertz CT molecular complexity index is 347. The third kappa shape index (κ3) is 11.8. The minimum atomic E-state index is 0. The zero-order valence-corrected chi connectivity index (χ0v) is 17.4. The van der Waals surface area contributed by atoms with Crippen LogP contribution in [0.2, 0.25) is 0 Å². The smallest absolute Gasteiger partial charge is 0.190 e. The lowest BCUT2D eigenvalue weighted by Crippen LogP contribution is -2.39. The van der Waals surface area contributed by atoms with Gasteiger partial charge in [0.1, 0.15) is 0 Å². The minimum Gasteiger partial charge on any atom is -0.383 e. The van der Waals surface area contributed by atoms with Gasteiger partial charge in [0.25, 0.3) is 0 Å². The van der Waals surface area contributed by atoms with E-state index in [1.165, 1.54) is 25.7 Å². The summed E-state index contributed by atoms with van der Waals surface area (Å²) in [5, 5.41) is 6.78. The van der Waals surface area contributed by atoms with Crippen molar-refractivity contribution in [3.63, 3.8) is 0 Å². The number of likely N-dealkylation sites (N-methyl/N-ethyl adjacent to an activating group) is 1. The maximum Gasteiger partial charge on any atom is 0.190 e. The van der Waals surface area contributed by atoms with Gasteiger partial charge < -0.3 is 20.3 Å². The summed E-state index contributed by atoms with van der Waals surface area (Å²) in [5.74, 6) is 0.913. The Morgan fingerprint density at radius 3 is 2.70 bits per heavy atom. The van der Waals surface area contributed by atoms with Crippen LogP contribution in [0.25, 0.3) is 0 Å². The first-order chi connectivity index (χ1) is 10.8. The molecule has 0 radical (unpaired) electrons. The van der Waals surface area contributed by atoms with Gasteiger partial charge in [0, 0.05) is 33.8 Å². The average molecular weight is 438 g/mol. The Kier molecular flexibility index (Phi) is 15.0. The SMILES string of the molecule is CN=C(NCCCN(C)CCOC)NCCC1=CCCCC1.I. The molecule has 0 aromatic carbocycles. The molecule has 23 heavy (non-hydrogen) atoms. The third-order valence-corrected chi connectivity index (χ3v) is 4.03. The second-order valence-electron chi connectivity index (χ2n) is 5.93. The van der Waals surface area contributed by atoms with E-state index in [0.29, 0.717) is 0 Å². The van der Waals surface area contributed by atoms with Crippen LogP contribution in [0.15, 0.2) is 16.6 Å². The number of methoxy groups -OCH3 is 1. The molecule has 6 heteroatoms. The highest BCUT2D eigenvalue weighted by Crippen LogP contribution is 2.19. The van der Waals surface area contributed by atoms with Crippen LogP contribution in [-0.4, -0.2) is 64.9 Å². The van der Waals surface area contributed by atoms with Gasteiger partial charge in [-0.2, -0.15) is 0 Å². The highest BCUT2D eigenvalue weighted by Gasteiger charge is 2.04. The third-order valence-electron chi connectivity index (χ3n) is 4.03. The minimum absolute atomic E-state index is 0. The van der Waals surface area contributed by atoms with Crippen LogP contribution in [-0.2, 0) is 4.74 Å². The van der Waals surface area contributed by atoms with Crippen LogP contribution < -0.4 is 10.6 Å². The molecule has 2 N–H and O–H groups in total. The van der Waals surface area contributed by atoms with Gasteiger partial charge in [0.05, 0.1) is 6.61 Å². The molecule has 0 amide bonds. The van der Waals surface area contributed by atoms with Crippen molar-refractivity contribution in [2.24, 2.45) is 4.99 Å². The second kappa shape index (κ2) is 15.2. The molecule has 0 saturated carbocycles. The molecule has 0 spiro atoms. The molecule has 0 unspecified atom stereocenters. The Labute approximate surface area is 159 Å². The molecule has 0 heterocycles. The molecule has 1 rings (SSSR count). The lowest BCUT2D eigenvalue weighted by Gasteiger charge is -2.17. The largest absolute Gasteiger partial charge is 0.383 e. The number of nitrogens with one attached hydrogen (secondary N) is 2. The molecule has 136 valence electrons. The van der Waals surface area contributed by atoms with Gasteiger partial charge in [-0.3, -0.25) is 4.99 Å². The topological polar surface area (TPSA) is 48.9 Å². The van der Waals surface area contributed by atoms with Crippen LogP contribution >= 0.6 is 24.0 Å². The number of hydrogen-bond acceptors (Lipinski definition) is 3. The summed E-state index contributed by atoms with van der Waals surface area (Å²) in [4.78, 5) is 6.57. The molecule has 0 bridgehead atoms. The summed E-state index contributed by atoms with van der Waals surface area (Å²) in [6.45, 7) is 4.76. The van der Waals surface area contributed by atoms with E-state index in [1.54, 1.807) is 12.7 Å². The molecular formula is C17H35IN4O. The summed E-state index contributed by atoms with van der Waals surface area (Å²) < 4.78 is 5.08. The van der Waals surface area contributed by atoms with E-state index in [0.717, 1.165) is 51.6 Å². The van der Waals surface area contributed by atoms with E-state index in [9.17, 15) is 0 Å². The Morgan fingerprint density at radius 1 is 1.26 bits per heavy atom. The summed E-state index contributed by atoms with van der Waals surface area (Å²) in [6.07, 6.45) is 9.92. The molecule has 0 atom stereocenters. The van der Waals surface area contributed by atoms with Gasteiger partial charge in [0.2, 0.25) is 0 Å². The molecule has 0 aliphatic heterocycles. The Morgan fingerprint density at radius 2 is 2.04 bits per heavy atom. The van der Waals surface area contributed by atoms with E-state index in [2.05, 4.69) is 33.6 Å². The number of aliphatic imine (C=N–C) groups is 1. The first-order valence-corrected chi connectivity index (χ1v) is 8.56. The van der Waals surface area contributed by atoms with Gasteiger partial charge in [-0.1, -0.05) is 11.6 Å². The molecule has 0 aromatic heterocycles. The first kappa shape index (κ1) is 22.7. The van der Waals surface area contributed by atoms with Gasteiger partial charge in [-0.25, -0.2) is 0 Å². The van der Waals surface area contributed by atoms with Crippen LogP contribution in [0.5, 0.6) is 0 Å². The molecule has 0 aromatic rings. The fourth-order valence-corrected chi connectivity index (χ4v) is 2.61. The van der Waals surface area contributed by atoms with E-state index >= 15 is 0 Å². The number of nitrogens with zero attached hydrogens (tertiary/aromatic N) is 2. The summed E-state index contributed by atoms with van der Waals surface area (Å²) >= 11 is 0. The van der Waals surface area contributed by atoms with E-state index in [-0.39, 0.29) is 24.0 Å². The summed E-state index contributed by atoms with van der Waals surface area (Å²) in [5.41, 5.74) is 1.61. The fourth-order valence-electron chi connectivity index (χ4n) is 2.61. The Balaban J connectivity index is 0.00000484. The number of rotatable bonds is 10. The highest BCUT2D eigenvalue weighted by atomic mass is 127. The zero-order chi connectivity index (χ0) is 16.0. The molecule has 5 nitrogen and oxygen atoms in total. The number of halogens is 1. The highest BCUT2D eigenvalue weighted by molar-refractivity contribution is 14.0. The summed E-state index contributed by atoms with van der Waals surface area (Å²) in [6, 6.07) is 0. The maximum absolute atomic E-state index is 5.08. The van der Waals surface area contributed by atoms with Crippen molar-refractivity contribution in [1.82, 2.24) is 15.5 Å². The van der Waals surface area contributed by atoms with Crippen LogP contribution in [0.1, 0.15) is 38.5 Å². The molecule has 0 fully saturated rings. The van der Waals surface area contributed by atoms with Crippen LogP contribution in [0, 0.1) is 0 Å². The van der Waals surface area contributed by atoms with Crippen LogP contribution in [0.4, 0.5) is 0 Å². The van der Waals surface area contributed by atoms with Gasteiger partial charge in [-0.05, 0) is 52.1 Å². The molecule has 1 aliphatic carbocycles. The fraction of sp³-hybridized carbons (Fsp3) is 0.824. The van der Waals surface area contributed by atoms with Gasteiger partial charge >= 0.3 is 0 Å². The second-order valence-corrected chi connectivity index (χ2v) is 5.93. The Hall–Kier alpha value is -0.340. The van der Waals surface area contributed by atoms with Crippen molar-refractivity contribution in [3.05, 3.63) is 11.6 Å². The molecular weight excluding hydrogens is 403 g/mol. The van der Waals surface area contributed by atoms with Crippen molar-refractivity contribution in [2.45, 2.75) is 38.5 Å². The van der Waals surface area contributed by atoms with Crippen LogP contribution in [0.3, 0.4) is 0 Å². The van der Waals surface area contributed by atoms with Crippen molar-refractivity contribution in [3.8, 4) is 0 Å². The normalized spacial score (nSPS) is 15.1. The predicted octanol–water partition coefficient (Wildman–Crippen LogP) is 2.63. The van der Waals surface area contributed by atoms with Gasteiger partial charge in [-0.15, -0.1) is 24.0 Å². The van der Waals surface area contributed by atoms with E-state index in [1.807, 2.05) is 7.05 Å². The van der Waals surface area contributed by atoms with Crippen molar-refractivity contribution in [1.29, 1.82) is 0 Å². The van der Waals surface area contributed by atoms with Crippen molar-refractivity contribution in [2.75, 3.05) is 54.0 Å². The number of guanidine groups is 1. The molecule has 0 saturated heterocycles. The number of hydrogen-bond donors (Lipinski definition) is 2. The zero-order valence-electron chi connectivity index (χ0n) is 15.1. The van der Waals surface area contributed by atoms with E-state index in [4.69, 9.17) is 4.74 Å². The first-order valence-electron chi connectivity index (χ1n) is 8.56. The lowest BCUT2D eigenvalue weighted by atomic mass is 9.97. The maximum atomic E-state index is 5.08. The monoisotopic (exact) mass is 438 g/mol. The lowest BCUT2D eigenvalue weighted by molar-refractivity contribution is 0.161. The van der Waals surface area contributed by atoms with Crippen molar-refractivity contribution >= 4 is 29.9 Å². The number of ether oxygens (including phenoxy) is 1. The quantitative estimate of drug-likeness (QED) is 0.181. The van der Waals surface area contributed by atoms with Gasteiger partial charge in [0.15, 0.2) is 5.96 Å². The molecule has 1 aliphatic rings. The van der Waals surface area contributed by atoms with E-state index < -0.39 is 0 Å². The standard InChI is InChI=1S/C17H34N4O.HI/c1-18-17(19-11-7-13-21(2)14-15-22-3)20-12-10-16-8-5-4-6-9-16;/h8H,4-7,9-15H2,1-3H3,(H2,18,19,20);1H. The predicted molar refractivity (Wildman–Crippen MR) is 110 cm³/mol. The van der Waals surface area contributed by atoms with Crippen molar-refractivity contribution < 1.29 is 4.74 Å². The average Bonchev–Trinajstić information content (AvgIpc) is 2.56. The number of allylic oxidation sites excluding steroid dienone is 1. The summed E-state index contributed by atoms with van der Waals surface area (Å²) in [7, 11) is 5.71.